The van der Waals surface area contributed by atoms with Gasteiger partial charge in [0.15, 0.2) is 17.1 Å². The van der Waals surface area contributed by atoms with Gasteiger partial charge in [-0.15, -0.1) is 0 Å². The van der Waals surface area contributed by atoms with E-state index in [9.17, 15) is 19.8 Å². The molecule has 10 heteroatoms. The number of amides is 2. The van der Waals surface area contributed by atoms with E-state index >= 15 is 0 Å². The molecule has 1 aliphatic carbocycles. The quantitative estimate of drug-likeness (QED) is 0.391. The summed E-state index contributed by atoms with van der Waals surface area (Å²) in [5, 5.41) is 24.5. The Hall–Kier alpha value is -3.86. The maximum Gasteiger partial charge on any atom is 0.290 e. The summed E-state index contributed by atoms with van der Waals surface area (Å²) in [4.78, 5) is 29.0. The molecule has 0 bridgehead atoms. The normalized spacial score (nSPS) is 25.1. The second-order valence-corrected chi connectivity index (χ2v) is 10.3. The number of aliphatic hydroxyl groups excluding tert-OH is 2. The molecule has 0 saturated carbocycles. The molecule has 10 nitrogen and oxygen atoms in total. The number of hydrogen-bond donors (Lipinski definition) is 3. The van der Waals surface area contributed by atoms with Crippen molar-refractivity contribution in [2.24, 2.45) is 0 Å². The van der Waals surface area contributed by atoms with Crippen LogP contribution in [0.25, 0.3) is 11.0 Å². The van der Waals surface area contributed by atoms with Crippen molar-refractivity contribution < 1.29 is 38.4 Å². The molecule has 1 saturated heterocycles. The van der Waals surface area contributed by atoms with Crippen LogP contribution in [0.2, 0.25) is 0 Å². The zero-order chi connectivity index (χ0) is 27.8. The number of carbonyl (C=O) groups excluding carboxylic acids is 2. The SMILES string of the molecule is COc1cccc2cc(C(=O)N(C[C@@H]3CCCO3)[C@@H]3C=C(C(=O)NCCO)[C@@H]4c5ccccc5O[C@@H]4[C@H]3O)oc12. The van der Waals surface area contributed by atoms with Crippen LogP contribution in [0.4, 0.5) is 0 Å². The van der Waals surface area contributed by atoms with Crippen molar-refractivity contribution >= 4 is 22.8 Å². The van der Waals surface area contributed by atoms with Crippen molar-refractivity contribution in [3.63, 3.8) is 0 Å². The lowest BCUT2D eigenvalue weighted by Crippen LogP contribution is -2.57. The topological polar surface area (TPSA) is 131 Å². The fraction of sp³-hybridized carbons (Fsp3) is 0.400. The van der Waals surface area contributed by atoms with Gasteiger partial charge in [-0.3, -0.25) is 9.59 Å². The van der Waals surface area contributed by atoms with E-state index in [0.29, 0.717) is 34.6 Å². The van der Waals surface area contributed by atoms with Gasteiger partial charge in [-0.2, -0.15) is 0 Å². The van der Waals surface area contributed by atoms with Crippen molar-refractivity contribution in [3.05, 3.63) is 71.5 Å². The van der Waals surface area contributed by atoms with Crippen LogP contribution < -0.4 is 14.8 Å². The zero-order valence-electron chi connectivity index (χ0n) is 22.1. The fourth-order valence-corrected chi connectivity index (χ4v) is 5.98. The van der Waals surface area contributed by atoms with Gasteiger partial charge in [0, 0.05) is 36.2 Å². The molecule has 3 aliphatic rings. The van der Waals surface area contributed by atoms with Crippen LogP contribution in [-0.2, 0) is 9.53 Å². The number of nitrogens with one attached hydrogen (secondary N) is 1. The molecule has 1 aromatic heterocycles. The number of furan rings is 1. The predicted molar refractivity (Wildman–Crippen MR) is 144 cm³/mol. The van der Waals surface area contributed by atoms with Gasteiger partial charge in [0.25, 0.3) is 5.91 Å². The van der Waals surface area contributed by atoms with Crippen molar-refractivity contribution in [2.75, 3.05) is 33.4 Å². The molecule has 0 radical (unpaired) electrons. The maximum atomic E-state index is 14.1. The third-order valence-corrected chi connectivity index (χ3v) is 7.86. The summed E-state index contributed by atoms with van der Waals surface area (Å²) in [5.41, 5.74) is 1.61. The van der Waals surface area contributed by atoms with Gasteiger partial charge in [0.1, 0.15) is 18.0 Å². The third-order valence-electron chi connectivity index (χ3n) is 7.86. The molecule has 2 aliphatic heterocycles. The minimum absolute atomic E-state index is 0.0721. The van der Waals surface area contributed by atoms with E-state index in [1.54, 1.807) is 24.3 Å². The number of methoxy groups -OCH3 is 1. The van der Waals surface area contributed by atoms with E-state index in [0.717, 1.165) is 18.4 Å². The standard InChI is InChI=1S/C30H32N2O8/c1-37-23-10-4-6-17-14-24(40-27(17)23)30(36)32(16-18-7-5-13-38-18)21-15-20(29(35)31-11-12-33)25-19-8-2-3-9-22(19)39-28(25)26(21)34/h2-4,6,8-10,14-15,18,21,25-26,28,33-34H,5,7,11-13,16H2,1H3,(H,31,35)/t18-,21+,25-,26-,28-/m0/s1. The van der Waals surface area contributed by atoms with Gasteiger partial charge < -0.3 is 39.1 Å². The highest BCUT2D eigenvalue weighted by Gasteiger charge is 2.51. The molecule has 5 atom stereocenters. The maximum absolute atomic E-state index is 14.1. The van der Waals surface area contributed by atoms with E-state index in [2.05, 4.69) is 5.32 Å². The molecular formula is C30H32N2O8. The molecule has 3 heterocycles. The van der Waals surface area contributed by atoms with Gasteiger partial charge in [-0.25, -0.2) is 0 Å². The fourth-order valence-electron chi connectivity index (χ4n) is 5.98. The number of rotatable bonds is 8. The zero-order valence-corrected chi connectivity index (χ0v) is 22.1. The number of benzene rings is 2. The van der Waals surface area contributed by atoms with E-state index in [1.807, 2.05) is 30.3 Å². The summed E-state index contributed by atoms with van der Waals surface area (Å²) in [6, 6.07) is 13.5. The summed E-state index contributed by atoms with van der Waals surface area (Å²) in [7, 11) is 1.53. The Morgan fingerprint density at radius 1 is 1.18 bits per heavy atom. The van der Waals surface area contributed by atoms with Gasteiger partial charge in [0.05, 0.1) is 31.8 Å². The van der Waals surface area contributed by atoms with Crippen LogP contribution in [0, 0.1) is 0 Å². The molecule has 3 N–H and O–H groups in total. The number of carbonyl (C=O) groups is 2. The second-order valence-electron chi connectivity index (χ2n) is 10.3. The molecule has 40 heavy (non-hydrogen) atoms. The molecule has 0 spiro atoms. The summed E-state index contributed by atoms with van der Waals surface area (Å²) < 4.78 is 23.5. The Bertz CT molecular complexity index is 1440. The Morgan fingerprint density at radius 3 is 2.80 bits per heavy atom. The molecule has 2 aromatic carbocycles. The summed E-state index contributed by atoms with van der Waals surface area (Å²) in [6.07, 6.45) is 1.13. The van der Waals surface area contributed by atoms with Crippen LogP contribution in [0.1, 0.15) is 34.9 Å². The minimum atomic E-state index is -1.14. The van der Waals surface area contributed by atoms with Crippen LogP contribution in [0.3, 0.4) is 0 Å². The number of ether oxygens (including phenoxy) is 3. The highest BCUT2D eigenvalue weighted by atomic mass is 16.5. The Labute approximate surface area is 231 Å². The van der Waals surface area contributed by atoms with Gasteiger partial charge in [-0.05, 0) is 37.1 Å². The van der Waals surface area contributed by atoms with E-state index in [1.165, 1.54) is 12.0 Å². The largest absolute Gasteiger partial charge is 0.493 e. The van der Waals surface area contributed by atoms with Crippen molar-refractivity contribution in [1.29, 1.82) is 0 Å². The highest BCUT2D eigenvalue weighted by Crippen LogP contribution is 2.47. The molecule has 1 fully saturated rings. The van der Waals surface area contributed by atoms with Crippen LogP contribution in [-0.4, -0.2) is 84.7 Å². The first kappa shape index (κ1) is 26.4. The number of para-hydroxylation sites is 2. The first-order valence-corrected chi connectivity index (χ1v) is 13.5. The summed E-state index contributed by atoms with van der Waals surface area (Å²) in [6.45, 7) is 0.644. The molecule has 0 unspecified atom stereocenters. The Kier molecular flexibility index (Phi) is 7.22. The number of aliphatic hydroxyl groups is 2. The Morgan fingerprint density at radius 2 is 2.02 bits per heavy atom. The molecular weight excluding hydrogens is 516 g/mol. The lowest BCUT2D eigenvalue weighted by Gasteiger charge is -2.41. The average Bonchev–Trinajstić information content (AvgIpc) is 3.73. The van der Waals surface area contributed by atoms with E-state index < -0.39 is 30.1 Å². The predicted octanol–water partition coefficient (Wildman–Crippen LogP) is 2.39. The van der Waals surface area contributed by atoms with Crippen LogP contribution in [0.5, 0.6) is 11.5 Å². The monoisotopic (exact) mass is 548 g/mol. The van der Waals surface area contributed by atoms with Gasteiger partial charge >= 0.3 is 0 Å². The van der Waals surface area contributed by atoms with E-state index in [4.69, 9.17) is 18.6 Å². The van der Waals surface area contributed by atoms with Crippen molar-refractivity contribution in [2.45, 2.75) is 43.1 Å². The smallest absolute Gasteiger partial charge is 0.290 e. The second kappa shape index (κ2) is 11.0. The molecule has 2 amide bonds. The highest BCUT2D eigenvalue weighted by molar-refractivity contribution is 5.99. The third kappa shape index (κ3) is 4.61. The van der Waals surface area contributed by atoms with Crippen molar-refractivity contribution in [3.8, 4) is 11.5 Å². The molecule has 210 valence electrons. The van der Waals surface area contributed by atoms with E-state index in [-0.39, 0.29) is 37.5 Å². The van der Waals surface area contributed by atoms with Crippen LogP contribution in [0.15, 0.2) is 64.6 Å². The minimum Gasteiger partial charge on any atom is -0.493 e. The van der Waals surface area contributed by atoms with Gasteiger partial charge in [0.2, 0.25) is 5.91 Å². The first-order chi connectivity index (χ1) is 19.5. The lowest BCUT2D eigenvalue weighted by atomic mass is 9.77. The molecule has 3 aromatic rings. The number of hydrogen-bond acceptors (Lipinski definition) is 8. The van der Waals surface area contributed by atoms with Crippen LogP contribution >= 0.6 is 0 Å². The lowest BCUT2D eigenvalue weighted by molar-refractivity contribution is -0.118. The number of fused-ring (bicyclic) bond motifs is 4. The number of nitrogens with zero attached hydrogens (tertiary/aromatic N) is 1. The Balaban J connectivity index is 1.42. The summed E-state index contributed by atoms with van der Waals surface area (Å²) in [5.74, 6) is -0.196. The molecule has 6 rings (SSSR count). The summed E-state index contributed by atoms with van der Waals surface area (Å²) >= 11 is 0. The average molecular weight is 549 g/mol. The first-order valence-electron chi connectivity index (χ1n) is 13.5. The van der Waals surface area contributed by atoms with Crippen molar-refractivity contribution in [1.82, 2.24) is 10.2 Å². The van der Waals surface area contributed by atoms with Gasteiger partial charge in [-0.1, -0.05) is 30.3 Å².